The van der Waals surface area contributed by atoms with Crippen molar-refractivity contribution in [3.05, 3.63) is 0 Å². The molecule has 8 heteroatoms. The molecule has 1 saturated heterocycles. The molecule has 16 heavy (non-hydrogen) atoms. The number of hydrogen-bond donors (Lipinski definition) is 2. The molecular weight excluding hydrogens is 228 g/mol. The van der Waals surface area contributed by atoms with Gasteiger partial charge in [0, 0.05) is 20.1 Å². The second-order valence-corrected chi connectivity index (χ2v) is 3.72. The second kappa shape index (κ2) is 4.62. The summed E-state index contributed by atoms with van der Waals surface area (Å²) in [6.45, 7) is 2.92. The fourth-order valence-electron chi connectivity index (χ4n) is 1.47. The summed E-state index contributed by atoms with van der Waals surface area (Å²) in [5, 5.41) is 7.49. The molecule has 2 heterocycles. The summed E-state index contributed by atoms with van der Waals surface area (Å²) < 4.78 is 6.67. The summed E-state index contributed by atoms with van der Waals surface area (Å²) in [6, 6.07) is 0. The van der Waals surface area contributed by atoms with Gasteiger partial charge in [0.2, 0.25) is 11.9 Å². The van der Waals surface area contributed by atoms with Crippen LogP contribution in [0.5, 0.6) is 0 Å². The summed E-state index contributed by atoms with van der Waals surface area (Å²) in [6.07, 6.45) is 0. The van der Waals surface area contributed by atoms with Crippen molar-refractivity contribution in [2.24, 2.45) is 0 Å². The molecule has 0 atom stereocenters. The molecule has 7 nitrogen and oxygen atoms in total. The van der Waals surface area contributed by atoms with Crippen LogP contribution in [0.15, 0.2) is 0 Å². The van der Waals surface area contributed by atoms with E-state index in [4.69, 9.17) is 22.7 Å². The van der Waals surface area contributed by atoms with E-state index in [0.717, 1.165) is 13.1 Å². The lowest BCUT2D eigenvalue weighted by molar-refractivity contribution is 0.122. The summed E-state index contributed by atoms with van der Waals surface area (Å²) in [7, 11) is 1.72. The third-order valence-electron chi connectivity index (χ3n) is 2.32. The van der Waals surface area contributed by atoms with Crippen LogP contribution in [0.4, 0.5) is 11.9 Å². The number of nitrogens with zero attached hydrogens (tertiary/aromatic N) is 4. The molecule has 0 radical (unpaired) electrons. The topological polar surface area (TPSA) is 81.2 Å². The molecule has 1 aliphatic heterocycles. The van der Waals surface area contributed by atoms with E-state index in [0.29, 0.717) is 30.2 Å². The Balaban J connectivity index is 2.19. The van der Waals surface area contributed by atoms with E-state index in [1.807, 2.05) is 4.90 Å². The first-order valence-electron chi connectivity index (χ1n) is 4.99. The zero-order valence-corrected chi connectivity index (χ0v) is 9.83. The summed E-state index contributed by atoms with van der Waals surface area (Å²) >= 11 is 5.05. The molecule has 0 amide bonds. The highest BCUT2D eigenvalue weighted by molar-refractivity contribution is 7.80. The largest absolute Gasteiger partial charge is 0.378 e. The molecule has 2 rings (SSSR count). The van der Waals surface area contributed by atoms with Gasteiger partial charge in [-0.2, -0.15) is 9.67 Å². The molecule has 0 aromatic carbocycles. The van der Waals surface area contributed by atoms with E-state index < -0.39 is 0 Å². The predicted molar refractivity (Wildman–Crippen MR) is 64.5 cm³/mol. The van der Waals surface area contributed by atoms with Crippen LogP contribution >= 0.6 is 12.2 Å². The molecule has 1 aromatic heterocycles. The zero-order chi connectivity index (χ0) is 11.5. The maximum absolute atomic E-state index is 5.73. The average Bonchev–Trinajstić information content (AvgIpc) is 2.71. The number of hydrogen-bond acceptors (Lipinski definition) is 6. The van der Waals surface area contributed by atoms with Crippen molar-refractivity contribution in [2.45, 2.75) is 0 Å². The number of thiocarbonyl (C=S) groups is 1. The Labute approximate surface area is 98.6 Å². The van der Waals surface area contributed by atoms with Crippen LogP contribution in [-0.2, 0) is 4.74 Å². The van der Waals surface area contributed by atoms with Gasteiger partial charge in [-0.1, -0.05) is 0 Å². The van der Waals surface area contributed by atoms with Crippen molar-refractivity contribution in [1.29, 1.82) is 0 Å². The van der Waals surface area contributed by atoms with Gasteiger partial charge in [-0.3, -0.25) is 0 Å². The smallest absolute Gasteiger partial charge is 0.247 e. The minimum absolute atomic E-state index is 0.292. The Kier molecular flexibility index (Phi) is 3.20. The van der Waals surface area contributed by atoms with Gasteiger partial charge < -0.3 is 20.7 Å². The maximum atomic E-state index is 5.73. The number of nitrogen functional groups attached to an aromatic ring is 1. The fourth-order valence-corrected chi connectivity index (χ4v) is 1.60. The fraction of sp³-hybridized carbons (Fsp3) is 0.625. The third kappa shape index (κ3) is 2.07. The molecule has 0 aliphatic carbocycles. The number of anilines is 2. The number of rotatable bonds is 1. The molecule has 0 spiro atoms. The minimum Gasteiger partial charge on any atom is -0.378 e. The lowest BCUT2D eigenvalue weighted by Gasteiger charge is -2.25. The van der Waals surface area contributed by atoms with Crippen molar-refractivity contribution in [3.63, 3.8) is 0 Å². The van der Waals surface area contributed by atoms with Gasteiger partial charge >= 0.3 is 0 Å². The lowest BCUT2D eigenvalue weighted by Crippen LogP contribution is -2.37. The SMILES string of the molecule is CNC(=S)n1nc(N2CCOCC2)nc1N. The van der Waals surface area contributed by atoms with Crippen LogP contribution in [0, 0.1) is 0 Å². The van der Waals surface area contributed by atoms with Crippen molar-refractivity contribution in [1.82, 2.24) is 20.1 Å². The van der Waals surface area contributed by atoms with Crippen LogP contribution in [0.25, 0.3) is 0 Å². The number of nitrogens with one attached hydrogen (secondary N) is 1. The first-order valence-corrected chi connectivity index (χ1v) is 5.40. The molecule has 1 aliphatic rings. The van der Waals surface area contributed by atoms with Gasteiger partial charge in [-0.25, -0.2) is 0 Å². The highest BCUT2D eigenvalue weighted by Gasteiger charge is 2.18. The van der Waals surface area contributed by atoms with E-state index >= 15 is 0 Å². The molecule has 3 N–H and O–H groups in total. The van der Waals surface area contributed by atoms with Gasteiger partial charge in [-0.05, 0) is 12.2 Å². The van der Waals surface area contributed by atoms with E-state index in [1.165, 1.54) is 4.68 Å². The predicted octanol–water partition coefficient (Wildman–Crippen LogP) is -0.951. The first-order chi connectivity index (χ1) is 7.72. The summed E-state index contributed by atoms with van der Waals surface area (Å²) in [4.78, 5) is 6.20. The van der Waals surface area contributed by atoms with Crippen molar-refractivity contribution >= 4 is 29.2 Å². The molecular formula is C8H14N6OS. The Hall–Kier alpha value is -1.41. The maximum Gasteiger partial charge on any atom is 0.247 e. The van der Waals surface area contributed by atoms with E-state index in [-0.39, 0.29) is 0 Å². The quantitative estimate of drug-likeness (QED) is 0.614. The normalized spacial score (nSPS) is 16.2. The summed E-state index contributed by atoms with van der Waals surface area (Å²) in [5.74, 6) is 0.888. The van der Waals surface area contributed by atoms with E-state index in [9.17, 15) is 0 Å². The van der Waals surface area contributed by atoms with Crippen LogP contribution in [0.3, 0.4) is 0 Å². The number of morpholine rings is 1. The Morgan fingerprint density at radius 1 is 1.50 bits per heavy atom. The summed E-state index contributed by atoms with van der Waals surface area (Å²) in [5.41, 5.74) is 5.73. The standard InChI is InChI=1S/C8H14N6OS/c1-10-8(16)14-6(9)11-7(12-14)13-2-4-15-5-3-13/h2-5H2,1H3,(H,10,16)(H2,9,11,12). The highest BCUT2D eigenvalue weighted by atomic mass is 32.1. The molecule has 1 aromatic rings. The van der Waals surface area contributed by atoms with Crippen LogP contribution in [0.2, 0.25) is 0 Å². The third-order valence-corrected chi connectivity index (χ3v) is 2.70. The second-order valence-electron chi connectivity index (χ2n) is 3.34. The minimum atomic E-state index is 0.292. The van der Waals surface area contributed by atoms with Gasteiger partial charge in [-0.15, -0.1) is 5.10 Å². The Bertz CT molecular complexity index is 386. The van der Waals surface area contributed by atoms with E-state index in [1.54, 1.807) is 7.05 Å². The molecule has 0 unspecified atom stereocenters. The molecule has 88 valence electrons. The van der Waals surface area contributed by atoms with Gasteiger partial charge in [0.25, 0.3) is 0 Å². The van der Waals surface area contributed by atoms with Crippen molar-refractivity contribution in [3.8, 4) is 0 Å². The Morgan fingerprint density at radius 3 is 2.81 bits per heavy atom. The number of aromatic nitrogens is 3. The molecule has 1 fully saturated rings. The lowest BCUT2D eigenvalue weighted by atomic mass is 10.4. The van der Waals surface area contributed by atoms with Crippen molar-refractivity contribution < 1.29 is 4.74 Å². The highest BCUT2D eigenvalue weighted by Crippen LogP contribution is 2.12. The monoisotopic (exact) mass is 242 g/mol. The van der Waals surface area contributed by atoms with Gasteiger partial charge in [0.1, 0.15) is 0 Å². The van der Waals surface area contributed by atoms with Gasteiger partial charge in [0.15, 0.2) is 5.11 Å². The van der Waals surface area contributed by atoms with Crippen LogP contribution in [0.1, 0.15) is 0 Å². The first kappa shape index (κ1) is 11.1. The van der Waals surface area contributed by atoms with E-state index in [2.05, 4.69) is 15.4 Å². The molecule has 0 bridgehead atoms. The van der Waals surface area contributed by atoms with Gasteiger partial charge in [0.05, 0.1) is 13.2 Å². The number of ether oxygens (including phenoxy) is 1. The molecule has 0 saturated carbocycles. The van der Waals surface area contributed by atoms with Crippen LogP contribution < -0.4 is 16.0 Å². The van der Waals surface area contributed by atoms with Crippen LogP contribution in [-0.4, -0.2) is 53.2 Å². The number of nitrogens with two attached hydrogens (primary N) is 1. The zero-order valence-electron chi connectivity index (χ0n) is 9.01. The van der Waals surface area contributed by atoms with Crippen molar-refractivity contribution in [2.75, 3.05) is 44.0 Å². The Morgan fingerprint density at radius 2 is 2.19 bits per heavy atom. The average molecular weight is 242 g/mol.